The molecule has 2 aromatic rings. The highest BCUT2D eigenvalue weighted by molar-refractivity contribution is 5.96. The largest absolute Gasteiger partial charge is 0.452 e. The second kappa shape index (κ2) is 9.17. The Morgan fingerprint density at radius 3 is 2.60 bits per heavy atom. The van der Waals surface area contributed by atoms with Gasteiger partial charge in [0.15, 0.2) is 6.10 Å². The summed E-state index contributed by atoms with van der Waals surface area (Å²) in [4.78, 5) is 48.1. The summed E-state index contributed by atoms with van der Waals surface area (Å²) in [5.74, 6) is -1.08. The van der Waals surface area contributed by atoms with Crippen LogP contribution >= 0.6 is 0 Å². The molecule has 1 N–H and O–H groups in total. The molecule has 0 bridgehead atoms. The fourth-order valence-electron chi connectivity index (χ4n) is 3.12. The topological polar surface area (TPSA) is 119 Å². The molecule has 156 valence electrons. The fraction of sp³-hybridized carbons (Fsp3) is 0.286. The standard InChI is InChI=1S/C21H21N3O6/c1-14(21(27)22-16-4-2-5-18(13-16)24(28)29)30-20(26)12-15-7-9-17(10-8-15)23-11-3-6-19(23)25/h2,4-5,7-10,13-14H,3,6,11-12H2,1H3,(H,22,27). The number of nitrogens with one attached hydrogen (secondary N) is 1. The first-order chi connectivity index (χ1) is 14.3. The van der Waals surface area contributed by atoms with Crippen LogP contribution in [0.2, 0.25) is 0 Å². The molecular weight excluding hydrogens is 390 g/mol. The second-order valence-electron chi connectivity index (χ2n) is 6.92. The number of benzene rings is 2. The van der Waals surface area contributed by atoms with E-state index in [0.29, 0.717) is 18.5 Å². The molecule has 1 atom stereocenters. The van der Waals surface area contributed by atoms with Gasteiger partial charge in [0.25, 0.3) is 11.6 Å². The van der Waals surface area contributed by atoms with Gasteiger partial charge < -0.3 is 15.0 Å². The predicted molar refractivity (Wildman–Crippen MR) is 109 cm³/mol. The smallest absolute Gasteiger partial charge is 0.311 e. The Kier molecular flexibility index (Phi) is 6.41. The minimum Gasteiger partial charge on any atom is -0.452 e. The SMILES string of the molecule is CC(OC(=O)Cc1ccc(N2CCCC2=O)cc1)C(=O)Nc1cccc([N+](=O)[O-])c1. The normalized spacial score (nSPS) is 14.3. The Hall–Kier alpha value is -3.75. The van der Waals surface area contributed by atoms with Gasteiger partial charge in [0.05, 0.1) is 11.3 Å². The third-order valence-electron chi connectivity index (χ3n) is 4.67. The van der Waals surface area contributed by atoms with E-state index in [1.54, 1.807) is 29.2 Å². The summed E-state index contributed by atoms with van der Waals surface area (Å²) in [6.45, 7) is 2.12. The van der Waals surface area contributed by atoms with Crippen molar-refractivity contribution in [2.75, 3.05) is 16.8 Å². The number of rotatable bonds is 7. The zero-order chi connectivity index (χ0) is 21.7. The van der Waals surface area contributed by atoms with Crippen LogP contribution in [0, 0.1) is 10.1 Å². The molecule has 9 heteroatoms. The molecule has 1 heterocycles. The summed E-state index contributed by atoms with van der Waals surface area (Å²) in [5.41, 5.74) is 1.57. The van der Waals surface area contributed by atoms with Gasteiger partial charge in [0.2, 0.25) is 5.91 Å². The fourth-order valence-corrected chi connectivity index (χ4v) is 3.12. The van der Waals surface area contributed by atoms with Gasteiger partial charge >= 0.3 is 5.97 Å². The summed E-state index contributed by atoms with van der Waals surface area (Å²) >= 11 is 0. The number of amides is 2. The van der Waals surface area contributed by atoms with Crippen LogP contribution in [0.25, 0.3) is 0 Å². The molecule has 0 aliphatic carbocycles. The minimum atomic E-state index is -1.07. The highest BCUT2D eigenvalue weighted by Gasteiger charge is 2.22. The molecule has 0 aromatic heterocycles. The summed E-state index contributed by atoms with van der Waals surface area (Å²) < 4.78 is 5.16. The molecule has 0 radical (unpaired) electrons. The third-order valence-corrected chi connectivity index (χ3v) is 4.67. The van der Waals surface area contributed by atoms with Crippen molar-refractivity contribution >= 4 is 34.8 Å². The molecule has 0 saturated carbocycles. The van der Waals surface area contributed by atoms with Gasteiger partial charge in [-0.1, -0.05) is 18.2 Å². The Bertz CT molecular complexity index is 973. The van der Waals surface area contributed by atoms with E-state index in [-0.39, 0.29) is 23.7 Å². The maximum Gasteiger partial charge on any atom is 0.311 e. The lowest BCUT2D eigenvalue weighted by Crippen LogP contribution is -2.30. The minimum absolute atomic E-state index is 0.0251. The van der Waals surface area contributed by atoms with E-state index in [9.17, 15) is 24.5 Å². The number of hydrogen-bond donors (Lipinski definition) is 1. The maximum absolute atomic E-state index is 12.2. The van der Waals surface area contributed by atoms with Gasteiger partial charge in [-0.25, -0.2) is 0 Å². The van der Waals surface area contributed by atoms with E-state index < -0.39 is 22.9 Å². The van der Waals surface area contributed by atoms with Crippen LogP contribution in [0.4, 0.5) is 17.1 Å². The Morgan fingerprint density at radius 1 is 1.23 bits per heavy atom. The Morgan fingerprint density at radius 2 is 1.97 bits per heavy atom. The molecular formula is C21H21N3O6. The van der Waals surface area contributed by atoms with E-state index in [1.807, 2.05) is 0 Å². The number of ether oxygens (including phenoxy) is 1. The average molecular weight is 411 g/mol. The molecule has 30 heavy (non-hydrogen) atoms. The second-order valence-corrected chi connectivity index (χ2v) is 6.92. The van der Waals surface area contributed by atoms with Crippen LogP contribution in [-0.2, 0) is 25.5 Å². The van der Waals surface area contributed by atoms with E-state index in [0.717, 1.165) is 12.1 Å². The van der Waals surface area contributed by atoms with Crippen LogP contribution in [0.1, 0.15) is 25.3 Å². The molecule has 3 rings (SSSR count). The number of hydrogen-bond acceptors (Lipinski definition) is 6. The van der Waals surface area contributed by atoms with Gasteiger partial charge in [-0.3, -0.25) is 24.5 Å². The lowest BCUT2D eigenvalue weighted by atomic mass is 10.1. The number of anilines is 2. The monoisotopic (exact) mass is 411 g/mol. The Labute approximate surface area is 172 Å². The molecule has 1 aliphatic rings. The van der Waals surface area contributed by atoms with Crippen molar-refractivity contribution < 1.29 is 24.0 Å². The molecule has 0 spiro atoms. The first kappa shape index (κ1) is 21.0. The summed E-state index contributed by atoms with van der Waals surface area (Å²) in [6.07, 6.45) is 0.286. The average Bonchev–Trinajstić information content (AvgIpc) is 3.14. The first-order valence-electron chi connectivity index (χ1n) is 9.47. The summed E-state index contributed by atoms with van der Waals surface area (Å²) in [6, 6.07) is 12.5. The van der Waals surface area contributed by atoms with Crippen LogP contribution < -0.4 is 10.2 Å². The number of nitrogens with zero attached hydrogens (tertiary/aromatic N) is 2. The van der Waals surface area contributed by atoms with Crippen LogP contribution in [0.3, 0.4) is 0 Å². The van der Waals surface area contributed by atoms with Crippen molar-refractivity contribution in [1.82, 2.24) is 0 Å². The lowest BCUT2D eigenvalue weighted by Gasteiger charge is -2.16. The third kappa shape index (κ3) is 5.19. The summed E-state index contributed by atoms with van der Waals surface area (Å²) in [7, 11) is 0. The molecule has 1 saturated heterocycles. The number of non-ortho nitro benzene ring substituents is 1. The number of nitro benzene ring substituents is 1. The molecule has 1 aliphatic heterocycles. The maximum atomic E-state index is 12.2. The molecule has 1 fully saturated rings. The van der Waals surface area contributed by atoms with E-state index >= 15 is 0 Å². The number of nitro groups is 1. The number of carbonyl (C=O) groups is 3. The van der Waals surface area contributed by atoms with Crippen molar-refractivity contribution in [3.63, 3.8) is 0 Å². The van der Waals surface area contributed by atoms with Crippen molar-refractivity contribution in [2.24, 2.45) is 0 Å². The van der Waals surface area contributed by atoms with E-state index in [1.165, 1.54) is 31.2 Å². The molecule has 1 unspecified atom stereocenters. The van der Waals surface area contributed by atoms with E-state index in [4.69, 9.17) is 4.74 Å². The number of carbonyl (C=O) groups excluding carboxylic acids is 3. The van der Waals surface area contributed by atoms with Crippen LogP contribution in [0.5, 0.6) is 0 Å². The lowest BCUT2D eigenvalue weighted by molar-refractivity contribution is -0.384. The van der Waals surface area contributed by atoms with Crippen LogP contribution in [0.15, 0.2) is 48.5 Å². The molecule has 9 nitrogen and oxygen atoms in total. The van der Waals surface area contributed by atoms with Gasteiger partial charge in [-0.2, -0.15) is 0 Å². The zero-order valence-corrected chi connectivity index (χ0v) is 16.4. The number of esters is 1. The van der Waals surface area contributed by atoms with Gasteiger partial charge in [-0.15, -0.1) is 0 Å². The van der Waals surface area contributed by atoms with Crippen molar-refractivity contribution in [3.8, 4) is 0 Å². The van der Waals surface area contributed by atoms with E-state index in [2.05, 4.69) is 5.32 Å². The molecule has 2 aromatic carbocycles. The Balaban J connectivity index is 1.52. The van der Waals surface area contributed by atoms with Gasteiger partial charge in [0.1, 0.15) is 0 Å². The molecule has 2 amide bonds. The van der Waals surface area contributed by atoms with Crippen molar-refractivity contribution in [1.29, 1.82) is 0 Å². The highest BCUT2D eigenvalue weighted by Crippen LogP contribution is 2.22. The predicted octanol–water partition coefficient (Wildman–Crippen LogP) is 2.83. The quantitative estimate of drug-likeness (QED) is 0.425. The van der Waals surface area contributed by atoms with Crippen molar-refractivity contribution in [2.45, 2.75) is 32.3 Å². The van der Waals surface area contributed by atoms with Crippen molar-refractivity contribution in [3.05, 3.63) is 64.2 Å². The van der Waals surface area contributed by atoms with Gasteiger partial charge in [-0.05, 0) is 37.1 Å². The zero-order valence-electron chi connectivity index (χ0n) is 16.4. The summed E-state index contributed by atoms with van der Waals surface area (Å²) in [5, 5.41) is 13.3. The first-order valence-corrected chi connectivity index (χ1v) is 9.47. The highest BCUT2D eigenvalue weighted by atomic mass is 16.6. The van der Waals surface area contributed by atoms with Gasteiger partial charge in [0, 0.05) is 36.5 Å². The van der Waals surface area contributed by atoms with Crippen LogP contribution in [-0.4, -0.2) is 35.4 Å².